The van der Waals surface area contributed by atoms with Crippen molar-refractivity contribution in [3.05, 3.63) is 88.7 Å². The summed E-state index contributed by atoms with van der Waals surface area (Å²) in [5.74, 6) is 2.11. The van der Waals surface area contributed by atoms with Crippen molar-refractivity contribution in [2.75, 3.05) is 11.9 Å². The number of nitrogens with one attached hydrogen (secondary N) is 1. The third-order valence-corrected chi connectivity index (χ3v) is 5.88. The lowest BCUT2D eigenvalue weighted by Gasteiger charge is -2.13. The number of nitrogens with zero attached hydrogens (tertiary/aromatic N) is 3. The molecule has 5 rings (SSSR count). The minimum Gasteiger partial charge on any atom is -0.487 e. The average Bonchev–Trinajstić information content (AvgIpc) is 3.23. The van der Waals surface area contributed by atoms with Gasteiger partial charge in [0.15, 0.2) is 5.90 Å². The Morgan fingerprint density at radius 1 is 1.06 bits per heavy atom. The highest BCUT2D eigenvalue weighted by molar-refractivity contribution is 6.32. The number of anilines is 2. The quantitative estimate of drug-likeness (QED) is 0.343. The number of halogens is 1. The molecule has 34 heavy (non-hydrogen) atoms. The first-order valence-electron chi connectivity index (χ1n) is 11.2. The molecule has 1 unspecified atom stereocenters. The number of aliphatic imine (C=N–C) groups is 1. The number of rotatable bonds is 7. The van der Waals surface area contributed by atoms with E-state index in [9.17, 15) is 0 Å². The number of hydrogen-bond donors (Lipinski definition) is 1. The molecule has 0 amide bonds. The van der Waals surface area contributed by atoms with Crippen molar-refractivity contribution in [2.45, 2.75) is 33.0 Å². The maximum absolute atomic E-state index is 6.52. The van der Waals surface area contributed by atoms with Crippen LogP contribution in [0, 0.1) is 6.92 Å². The van der Waals surface area contributed by atoms with E-state index in [4.69, 9.17) is 21.1 Å². The maximum atomic E-state index is 6.52. The first kappa shape index (κ1) is 22.2. The smallest absolute Gasteiger partial charge is 0.188 e. The molecular weight excluding hydrogens is 448 g/mol. The first-order valence-corrected chi connectivity index (χ1v) is 11.6. The van der Waals surface area contributed by atoms with Gasteiger partial charge in [-0.2, -0.15) is 0 Å². The molecule has 0 fully saturated rings. The second-order valence-electron chi connectivity index (χ2n) is 8.46. The Kier molecular flexibility index (Phi) is 6.32. The summed E-state index contributed by atoms with van der Waals surface area (Å²) in [5.41, 5.74) is 5.06. The van der Waals surface area contributed by atoms with Gasteiger partial charge in [0.25, 0.3) is 0 Å². The van der Waals surface area contributed by atoms with Crippen LogP contribution in [0.5, 0.6) is 5.75 Å². The zero-order valence-electron chi connectivity index (χ0n) is 19.1. The first-order chi connectivity index (χ1) is 16.5. The van der Waals surface area contributed by atoms with Crippen LogP contribution in [0.1, 0.15) is 23.6 Å². The van der Waals surface area contributed by atoms with E-state index < -0.39 is 0 Å². The van der Waals surface area contributed by atoms with Crippen LogP contribution < -0.4 is 10.1 Å². The van der Waals surface area contributed by atoms with E-state index in [0.717, 1.165) is 33.6 Å². The lowest BCUT2D eigenvalue weighted by atomic mass is 10.1. The molecule has 2 heterocycles. The Labute approximate surface area is 203 Å². The summed E-state index contributed by atoms with van der Waals surface area (Å²) in [6.07, 6.45) is 2.34. The Hall–Kier alpha value is -3.64. The molecule has 0 spiro atoms. The van der Waals surface area contributed by atoms with Gasteiger partial charge in [-0.1, -0.05) is 47.5 Å². The van der Waals surface area contributed by atoms with Gasteiger partial charge >= 0.3 is 0 Å². The summed E-state index contributed by atoms with van der Waals surface area (Å²) in [4.78, 5) is 13.3. The Balaban J connectivity index is 1.33. The van der Waals surface area contributed by atoms with Crippen molar-refractivity contribution in [3.8, 4) is 5.75 Å². The minimum absolute atomic E-state index is 0.143. The van der Waals surface area contributed by atoms with Crippen molar-refractivity contribution >= 4 is 39.9 Å². The summed E-state index contributed by atoms with van der Waals surface area (Å²) < 4.78 is 11.7. The van der Waals surface area contributed by atoms with E-state index in [-0.39, 0.29) is 6.10 Å². The summed E-state index contributed by atoms with van der Waals surface area (Å²) in [7, 11) is 0. The molecule has 172 valence electrons. The molecule has 4 aromatic rings. The predicted octanol–water partition coefficient (Wildman–Crippen LogP) is 6.27. The number of ether oxygens (including phenoxy) is 2. The fraction of sp³-hybridized carbons (Fsp3) is 0.222. The molecule has 0 bridgehead atoms. The van der Waals surface area contributed by atoms with Gasteiger partial charge in [0.2, 0.25) is 0 Å². The molecule has 0 saturated heterocycles. The summed E-state index contributed by atoms with van der Waals surface area (Å²) in [6.45, 7) is 5.26. The molecule has 0 aliphatic carbocycles. The van der Waals surface area contributed by atoms with Gasteiger partial charge in [-0.05, 0) is 55.3 Å². The normalized spacial score (nSPS) is 15.1. The fourth-order valence-corrected chi connectivity index (χ4v) is 4.15. The SMILES string of the molecule is Cc1cccc(COc2ccc(Nc3ncnc4ccc(CC5=NCC(C)O5)cc34)cc2Cl)c1. The van der Waals surface area contributed by atoms with Crippen LogP contribution in [-0.2, 0) is 17.8 Å². The Morgan fingerprint density at radius 3 is 2.76 bits per heavy atom. The zero-order chi connectivity index (χ0) is 23.5. The lowest BCUT2D eigenvalue weighted by Crippen LogP contribution is -2.09. The number of fused-ring (bicyclic) bond motifs is 1. The van der Waals surface area contributed by atoms with Crippen LogP contribution in [0.4, 0.5) is 11.5 Å². The van der Waals surface area contributed by atoms with E-state index in [1.54, 1.807) is 6.33 Å². The van der Waals surface area contributed by atoms with Crippen molar-refractivity contribution in [1.29, 1.82) is 0 Å². The second-order valence-corrected chi connectivity index (χ2v) is 8.87. The number of aromatic nitrogens is 2. The molecule has 6 nitrogen and oxygen atoms in total. The van der Waals surface area contributed by atoms with Gasteiger partial charge in [-0.25, -0.2) is 9.97 Å². The Bertz CT molecular complexity index is 1370. The standard InChI is InChI=1S/C27H25ClN4O2/c1-17-4-3-5-20(10-17)15-33-25-9-7-21(13-23(25)28)32-27-22-11-19(6-8-24(22)30-16-31-27)12-26-29-14-18(2)34-26/h3-11,13,16,18H,12,14-15H2,1-2H3,(H,30,31,32). The number of hydrogen-bond acceptors (Lipinski definition) is 6. The molecule has 1 aliphatic rings. The summed E-state index contributed by atoms with van der Waals surface area (Å²) in [6, 6.07) is 20.0. The second kappa shape index (κ2) is 9.69. The summed E-state index contributed by atoms with van der Waals surface area (Å²) in [5, 5.41) is 4.82. The largest absolute Gasteiger partial charge is 0.487 e. The van der Waals surface area contributed by atoms with Gasteiger partial charge in [0.05, 0.1) is 17.1 Å². The van der Waals surface area contributed by atoms with Crippen molar-refractivity contribution in [1.82, 2.24) is 9.97 Å². The van der Waals surface area contributed by atoms with Crippen molar-refractivity contribution in [2.24, 2.45) is 4.99 Å². The average molecular weight is 473 g/mol. The third kappa shape index (κ3) is 5.13. The fourth-order valence-electron chi connectivity index (χ4n) is 3.92. The van der Waals surface area contributed by atoms with Gasteiger partial charge in [-0.3, -0.25) is 4.99 Å². The topological polar surface area (TPSA) is 68.6 Å². The van der Waals surface area contributed by atoms with E-state index in [2.05, 4.69) is 45.4 Å². The third-order valence-electron chi connectivity index (χ3n) is 5.59. The van der Waals surface area contributed by atoms with Crippen LogP contribution in [0.25, 0.3) is 10.9 Å². The monoisotopic (exact) mass is 472 g/mol. The van der Waals surface area contributed by atoms with Crippen LogP contribution in [0.3, 0.4) is 0 Å². The van der Waals surface area contributed by atoms with E-state index in [1.165, 1.54) is 5.56 Å². The maximum Gasteiger partial charge on any atom is 0.188 e. The lowest BCUT2D eigenvalue weighted by molar-refractivity contribution is 0.241. The number of benzene rings is 3. The molecule has 7 heteroatoms. The van der Waals surface area contributed by atoms with Crippen LogP contribution in [0.15, 0.2) is 72.0 Å². The molecule has 1 N–H and O–H groups in total. The van der Waals surface area contributed by atoms with Gasteiger partial charge in [0.1, 0.15) is 30.6 Å². The molecule has 0 saturated carbocycles. The van der Waals surface area contributed by atoms with Crippen molar-refractivity contribution in [3.63, 3.8) is 0 Å². The molecule has 1 atom stereocenters. The number of aryl methyl sites for hydroxylation is 1. The van der Waals surface area contributed by atoms with Gasteiger partial charge in [0, 0.05) is 17.5 Å². The summed E-state index contributed by atoms with van der Waals surface area (Å²) >= 11 is 6.52. The predicted molar refractivity (Wildman–Crippen MR) is 136 cm³/mol. The van der Waals surface area contributed by atoms with Gasteiger partial charge < -0.3 is 14.8 Å². The van der Waals surface area contributed by atoms with E-state index in [0.29, 0.717) is 36.2 Å². The van der Waals surface area contributed by atoms with Crippen molar-refractivity contribution < 1.29 is 9.47 Å². The molecule has 1 aliphatic heterocycles. The van der Waals surface area contributed by atoms with Crippen LogP contribution in [-0.4, -0.2) is 28.5 Å². The highest BCUT2D eigenvalue weighted by Crippen LogP contribution is 2.31. The van der Waals surface area contributed by atoms with Crippen LogP contribution in [0.2, 0.25) is 5.02 Å². The van der Waals surface area contributed by atoms with Crippen LogP contribution >= 0.6 is 11.6 Å². The molecule has 1 aromatic heterocycles. The molecule has 3 aromatic carbocycles. The van der Waals surface area contributed by atoms with E-state index in [1.807, 2.05) is 49.4 Å². The minimum atomic E-state index is 0.143. The molecule has 0 radical (unpaired) electrons. The zero-order valence-corrected chi connectivity index (χ0v) is 19.8. The van der Waals surface area contributed by atoms with E-state index >= 15 is 0 Å². The molecular formula is C27H25ClN4O2. The highest BCUT2D eigenvalue weighted by Gasteiger charge is 2.16. The van der Waals surface area contributed by atoms with Gasteiger partial charge in [-0.15, -0.1) is 0 Å². The Morgan fingerprint density at radius 2 is 1.97 bits per heavy atom. The highest BCUT2D eigenvalue weighted by atomic mass is 35.5.